The Labute approximate surface area is 129 Å². The average Bonchev–Trinajstić information content (AvgIpc) is 2.45. The molecular formula is C18H30O3. The van der Waals surface area contributed by atoms with Crippen molar-refractivity contribution in [1.82, 2.24) is 0 Å². The van der Waals surface area contributed by atoms with Crippen LogP contribution in [0.2, 0.25) is 0 Å². The summed E-state index contributed by atoms with van der Waals surface area (Å²) in [5.41, 5.74) is 1.10. The fraction of sp³-hybridized carbons (Fsp3) is 0.667. The number of para-hydroxylation sites is 1. The quantitative estimate of drug-likeness (QED) is 0.729. The molecule has 2 N–H and O–H groups in total. The third kappa shape index (κ3) is 6.06. The maximum Gasteiger partial charge on any atom is 0.122 e. The van der Waals surface area contributed by atoms with E-state index in [1.807, 2.05) is 31.2 Å². The lowest BCUT2D eigenvalue weighted by Gasteiger charge is -2.23. The van der Waals surface area contributed by atoms with Gasteiger partial charge in [0.1, 0.15) is 5.75 Å². The first-order valence-corrected chi connectivity index (χ1v) is 8.03. The van der Waals surface area contributed by atoms with Crippen molar-refractivity contribution < 1.29 is 14.9 Å². The second kappa shape index (κ2) is 9.06. The molecule has 3 heteroatoms. The van der Waals surface area contributed by atoms with Crippen LogP contribution in [-0.2, 0) is 0 Å². The number of hydrogen-bond donors (Lipinski definition) is 2. The molecule has 0 saturated heterocycles. The molecule has 0 fully saturated rings. The van der Waals surface area contributed by atoms with Gasteiger partial charge in [0.25, 0.3) is 0 Å². The van der Waals surface area contributed by atoms with Crippen LogP contribution in [0.3, 0.4) is 0 Å². The predicted molar refractivity (Wildman–Crippen MR) is 86.7 cm³/mol. The first-order chi connectivity index (χ1) is 9.95. The summed E-state index contributed by atoms with van der Waals surface area (Å²) in [6.07, 6.45) is 0.739. The van der Waals surface area contributed by atoms with Crippen LogP contribution in [0.5, 0.6) is 5.75 Å². The molecule has 0 aliphatic heterocycles. The molecule has 21 heavy (non-hydrogen) atoms. The van der Waals surface area contributed by atoms with Crippen molar-refractivity contribution in [1.29, 1.82) is 0 Å². The molecule has 0 radical (unpaired) electrons. The molecule has 0 spiro atoms. The van der Waals surface area contributed by atoms with Gasteiger partial charge in [0.05, 0.1) is 18.8 Å². The Hall–Kier alpha value is -1.06. The van der Waals surface area contributed by atoms with E-state index < -0.39 is 12.2 Å². The molecule has 0 bridgehead atoms. The number of hydrogen-bond acceptors (Lipinski definition) is 3. The number of aliphatic hydroxyl groups excluding tert-OH is 2. The molecule has 3 unspecified atom stereocenters. The first kappa shape index (κ1) is 18.0. The van der Waals surface area contributed by atoms with Gasteiger partial charge in [0, 0.05) is 0 Å². The Morgan fingerprint density at radius 3 is 2.33 bits per heavy atom. The molecule has 0 amide bonds. The predicted octanol–water partition coefficient (Wildman–Crippen LogP) is 3.74. The minimum atomic E-state index is -0.682. The van der Waals surface area contributed by atoms with E-state index in [9.17, 15) is 10.2 Å². The van der Waals surface area contributed by atoms with Crippen molar-refractivity contribution in [2.24, 2.45) is 5.92 Å². The molecular weight excluding hydrogens is 264 g/mol. The number of ether oxygens (including phenoxy) is 1. The fourth-order valence-electron chi connectivity index (χ4n) is 2.41. The zero-order valence-electron chi connectivity index (χ0n) is 13.7. The SMILES string of the molecule is CCCC(O)C(O)CC(C)c1ccccc1OCC(C)C. The summed E-state index contributed by atoms with van der Waals surface area (Å²) in [5.74, 6) is 1.51. The van der Waals surface area contributed by atoms with Gasteiger partial charge >= 0.3 is 0 Å². The van der Waals surface area contributed by atoms with Crippen molar-refractivity contribution in [3.8, 4) is 5.75 Å². The molecule has 0 aliphatic rings. The van der Waals surface area contributed by atoms with Gasteiger partial charge in [-0.25, -0.2) is 0 Å². The maximum absolute atomic E-state index is 10.1. The van der Waals surface area contributed by atoms with Gasteiger partial charge in [-0.05, 0) is 36.3 Å². The zero-order valence-corrected chi connectivity index (χ0v) is 13.7. The number of rotatable bonds is 9. The summed E-state index contributed by atoms with van der Waals surface area (Å²) in [7, 11) is 0. The molecule has 3 nitrogen and oxygen atoms in total. The Balaban J connectivity index is 2.70. The van der Waals surface area contributed by atoms with E-state index in [0.717, 1.165) is 17.7 Å². The van der Waals surface area contributed by atoms with Gasteiger partial charge < -0.3 is 14.9 Å². The summed E-state index contributed by atoms with van der Waals surface area (Å²) in [5, 5.41) is 20.0. The van der Waals surface area contributed by atoms with Gasteiger partial charge in [-0.15, -0.1) is 0 Å². The Morgan fingerprint density at radius 2 is 1.71 bits per heavy atom. The van der Waals surface area contributed by atoms with E-state index in [-0.39, 0.29) is 5.92 Å². The van der Waals surface area contributed by atoms with E-state index >= 15 is 0 Å². The highest BCUT2D eigenvalue weighted by Crippen LogP contribution is 2.30. The van der Waals surface area contributed by atoms with Crippen LogP contribution < -0.4 is 4.74 Å². The molecule has 0 aromatic heterocycles. The minimum absolute atomic E-state index is 0.148. The molecule has 120 valence electrons. The highest BCUT2D eigenvalue weighted by atomic mass is 16.5. The summed E-state index contributed by atoms with van der Waals surface area (Å²) >= 11 is 0. The highest BCUT2D eigenvalue weighted by Gasteiger charge is 2.21. The van der Waals surface area contributed by atoms with Gasteiger partial charge in [-0.1, -0.05) is 52.3 Å². The normalized spacial score (nSPS) is 15.8. The smallest absolute Gasteiger partial charge is 0.122 e. The molecule has 0 heterocycles. The third-order valence-electron chi connectivity index (χ3n) is 3.65. The largest absolute Gasteiger partial charge is 0.493 e. The topological polar surface area (TPSA) is 49.7 Å². The van der Waals surface area contributed by atoms with Crippen molar-refractivity contribution >= 4 is 0 Å². The summed E-state index contributed by atoms with van der Waals surface area (Å²) in [4.78, 5) is 0. The third-order valence-corrected chi connectivity index (χ3v) is 3.65. The van der Waals surface area contributed by atoms with Gasteiger partial charge in [-0.2, -0.15) is 0 Å². The van der Waals surface area contributed by atoms with Crippen molar-refractivity contribution in [3.05, 3.63) is 29.8 Å². The molecule has 1 aromatic carbocycles. The summed E-state index contributed by atoms with van der Waals surface area (Å²) in [6, 6.07) is 7.97. The zero-order chi connectivity index (χ0) is 15.8. The number of aliphatic hydroxyl groups is 2. The van der Waals surface area contributed by atoms with E-state index in [1.54, 1.807) is 0 Å². The first-order valence-electron chi connectivity index (χ1n) is 8.03. The monoisotopic (exact) mass is 294 g/mol. The molecule has 0 saturated carbocycles. The standard InChI is InChI=1S/C18H30O3/c1-5-8-16(19)17(20)11-14(4)15-9-6-7-10-18(15)21-12-13(2)3/h6-7,9-10,13-14,16-17,19-20H,5,8,11-12H2,1-4H3. The van der Waals surface area contributed by atoms with Crippen molar-refractivity contribution in [3.63, 3.8) is 0 Å². The van der Waals surface area contributed by atoms with Gasteiger partial charge in [0.2, 0.25) is 0 Å². The summed E-state index contributed by atoms with van der Waals surface area (Å²) < 4.78 is 5.87. The lowest BCUT2D eigenvalue weighted by atomic mass is 9.91. The van der Waals surface area contributed by atoms with Crippen LogP contribution in [-0.4, -0.2) is 29.0 Å². The Morgan fingerprint density at radius 1 is 1.05 bits per heavy atom. The minimum Gasteiger partial charge on any atom is -0.493 e. The molecule has 1 aromatic rings. The van der Waals surface area contributed by atoms with Crippen molar-refractivity contribution in [2.45, 2.75) is 65.1 Å². The van der Waals surface area contributed by atoms with Crippen LogP contribution in [0, 0.1) is 5.92 Å². The van der Waals surface area contributed by atoms with E-state index in [2.05, 4.69) is 20.8 Å². The average molecular weight is 294 g/mol. The summed E-state index contributed by atoms with van der Waals surface area (Å²) in [6.45, 7) is 9.01. The molecule has 3 atom stereocenters. The van der Waals surface area contributed by atoms with Gasteiger partial charge in [-0.3, -0.25) is 0 Å². The van der Waals surface area contributed by atoms with E-state index in [0.29, 0.717) is 25.4 Å². The maximum atomic E-state index is 10.1. The van der Waals surface area contributed by atoms with Crippen LogP contribution in [0.15, 0.2) is 24.3 Å². The van der Waals surface area contributed by atoms with Crippen LogP contribution in [0.25, 0.3) is 0 Å². The van der Waals surface area contributed by atoms with Gasteiger partial charge in [0.15, 0.2) is 0 Å². The molecule has 0 aliphatic carbocycles. The van der Waals surface area contributed by atoms with Crippen LogP contribution in [0.4, 0.5) is 0 Å². The van der Waals surface area contributed by atoms with Crippen LogP contribution in [0.1, 0.15) is 58.4 Å². The number of benzene rings is 1. The Kier molecular flexibility index (Phi) is 7.76. The fourth-order valence-corrected chi connectivity index (χ4v) is 2.41. The lowest BCUT2D eigenvalue weighted by molar-refractivity contribution is 0.00625. The van der Waals surface area contributed by atoms with Crippen LogP contribution >= 0.6 is 0 Å². The second-order valence-corrected chi connectivity index (χ2v) is 6.30. The lowest BCUT2D eigenvalue weighted by Crippen LogP contribution is -2.27. The molecule has 1 rings (SSSR count). The van der Waals surface area contributed by atoms with Crippen molar-refractivity contribution in [2.75, 3.05) is 6.61 Å². The second-order valence-electron chi connectivity index (χ2n) is 6.30. The highest BCUT2D eigenvalue weighted by molar-refractivity contribution is 5.36. The van der Waals surface area contributed by atoms with E-state index in [1.165, 1.54) is 0 Å². The Bertz CT molecular complexity index is 403. The van der Waals surface area contributed by atoms with E-state index in [4.69, 9.17) is 4.74 Å².